The van der Waals surface area contributed by atoms with Crippen LogP contribution in [0, 0.1) is 11.3 Å². The summed E-state index contributed by atoms with van der Waals surface area (Å²) < 4.78 is 5.86. The normalized spacial score (nSPS) is 11.4. The fraction of sp³-hybridized carbons (Fsp3) is 0.133. The number of ether oxygens (including phenoxy) is 1. The van der Waals surface area contributed by atoms with Crippen molar-refractivity contribution < 1.29 is 9.84 Å². The number of aromatic hydroxyl groups is 1. The average Bonchev–Trinajstić information content (AvgIpc) is 2.46. The van der Waals surface area contributed by atoms with Crippen LogP contribution in [-0.4, -0.2) is 12.2 Å². The molecule has 0 saturated heterocycles. The Morgan fingerprint density at radius 3 is 2.65 bits per heavy atom. The van der Waals surface area contributed by atoms with E-state index in [4.69, 9.17) is 4.74 Å². The van der Waals surface area contributed by atoms with Crippen LogP contribution in [0.1, 0.15) is 11.6 Å². The molecule has 0 amide bonds. The number of phenolic OH excluding ortho intramolecular Hbond substituents is 1. The molecule has 20 heavy (non-hydrogen) atoms. The summed E-state index contributed by atoms with van der Waals surface area (Å²) in [7, 11) is 1.48. The van der Waals surface area contributed by atoms with Crippen LogP contribution in [0.5, 0.6) is 11.5 Å². The van der Waals surface area contributed by atoms with Gasteiger partial charge in [-0.05, 0) is 45.8 Å². The molecular formula is C15H13BrN2O2. The van der Waals surface area contributed by atoms with Gasteiger partial charge in [0.2, 0.25) is 0 Å². The SMILES string of the molecule is COc1ccc(C(C#N)Nc2ccccc2Br)cc1O. The van der Waals surface area contributed by atoms with Crippen LogP contribution in [0.4, 0.5) is 5.69 Å². The van der Waals surface area contributed by atoms with Crippen molar-refractivity contribution in [2.75, 3.05) is 12.4 Å². The second kappa shape index (κ2) is 6.31. The minimum atomic E-state index is -0.564. The number of phenols is 1. The predicted molar refractivity (Wildman–Crippen MR) is 80.8 cm³/mol. The molecule has 2 aromatic carbocycles. The van der Waals surface area contributed by atoms with Crippen LogP contribution in [0.2, 0.25) is 0 Å². The fourth-order valence-corrected chi connectivity index (χ4v) is 2.21. The molecule has 2 rings (SSSR count). The number of rotatable bonds is 4. The first kappa shape index (κ1) is 14.2. The molecule has 0 spiro atoms. The Morgan fingerprint density at radius 1 is 1.30 bits per heavy atom. The molecular weight excluding hydrogens is 320 g/mol. The Labute approximate surface area is 125 Å². The summed E-state index contributed by atoms with van der Waals surface area (Å²) >= 11 is 3.42. The number of nitriles is 1. The maximum atomic E-state index is 9.78. The van der Waals surface area contributed by atoms with Crippen molar-refractivity contribution in [3.05, 3.63) is 52.5 Å². The molecule has 0 saturated carbocycles. The molecule has 0 heterocycles. The Bertz CT molecular complexity index is 653. The molecule has 102 valence electrons. The highest BCUT2D eigenvalue weighted by atomic mass is 79.9. The zero-order valence-electron chi connectivity index (χ0n) is 10.8. The number of benzene rings is 2. The largest absolute Gasteiger partial charge is 0.504 e. The van der Waals surface area contributed by atoms with Crippen LogP contribution in [0.3, 0.4) is 0 Å². The highest BCUT2D eigenvalue weighted by Crippen LogP contribution is 2.31. The van der Waals surface area contributed by atoms with Gasteiger partial charge in [0.15, 0.2) is 11.5 Å². The average molecular weight is 333 g/mol. The van der Waals surface area contributed by atoms with Crippen LogP contribution in [-0.2, 0) is 0 Å². The first-order valence-corrected chi connectivity index (χ1v) is 6.72. The van der Waals surface area contributed by atoms with Gasteiger partial charge >= 0.3 is 0 Å². The third-order valence-corrected chi connectivity index (χ3v) is 3.53. The van der Waals surface area contributed by atoms with Gasteiger partial charge in [0.1, 0.15) is 6.04 Å². The lowest BCUT2D eigenvalue weighted by Crippen LogP contribution is -2.08. The number of nitrogens with zero attached hydrogens (tertiary/aromatic N) is 1. The molecule has 4 nitrogen and oxygen atoms in total. The van der Waals surface area contributed by atoms with Crippen molar-refractivity contribution in [1.29, 1.82) is 5.26 Å². The molecule has 2 N–H and O–H groups in total. The van der Waals surface area contributed by atoms with Crippen molar-refractivity contribution in [3.8, 4) is 17.6 Å². The lowest BCUT2D eigenvalue weighted by Gasteiger charge is -2.15. The number of hydrogen-bond acceptors (Lipinski definition) is 4. The Kier molecular flexibility index (Phi) is 4.49. The monoisotopic (exact) mass is 332 g/mol. The zero-order valence-corrected chi connectivity index (χ0v) is 12.4. The van der Waals surface area contributed by atoms with E-state index in [1.807, 2.05) is 24.3 Å². The van der Waals surface area contributed by atoms with Crippen LogP contribution in [0.25, 0.3) is 0 Å². The smallest absolute Gasteiger partial charge is 0.160 e. The van der Waals surface area contributed by atoms with Crippen molar-refractivity contribution in [2.45, 2.75) is 6.04 Å². The molecule has 0 radical (unpaired) electrons. The van der Waals surface area contributed by atoms with Gasteiger partial charge in [-0.3, -0.25) is 0 Å². The van der Waals surface area contributed by atoms with E-state index in [0.717, 1.165) is 10.2 Å². The van der Waals surface area contributed by atoms with E-state index in [1.165, 1.54) is 13.2 Å². The lowest BCUT2D eigenvalue weighted by molar-refractivity contribution is 0.373. The van der Waals surface area contributed by atoms with E-state index in [0.29, 0.717) is 11.3 Å². The highest BCUT2D eigenvalue weighted by molar-refractivity contribution is 9.10. The topological polar surface area (TPSA) is 65.3 Å². The zero-order chi connectivity index (χ0) is 14.5. The van der Waals surface area contributed by atoms with E-state index in [-0.39, 0.29) is 5.75 Å². The van der Waals surface area contributed by atoms with Crippen molar-refractivity contribution >= 4 is 21.6 Å². The summed E-state index contributed by atoms with van der Waals surface area (Å²) in [5.74, 6) is 0.394. The quantitative estimate of drug-likeness (QED) is 0.892. The number of hydrogen-bond donors (Lipinski definition) is 2. The number of nitrogens with one attached hydrogen (secondary N) is 1. The van der Waals surface area contributed by atoms with Crippen LogP contribution < -0.4 is 10.1 Å². The van der Waals surface area contributed by atoms with Crippen molar-refractivity contribution in [2.24, 2.45) is 0 Å². The molecule has 0 aliphatic rings. The standard InChI is InChI=1S/C15H13BrN2O2/c1-20-15-7-6-10(8-14(15)19)13(9-17)18-12-5-3-2-4-11(12)16/h2-8,13,18-19H,1H3. The van der Waals surface area contributed by atoms with Gasteiger partial charge in [-0.25, -0.2) is 0 Å². The van der Waals surface area contributed by atoms with E-state index < -0.39 is 6.04 Å². The number of anilines is 1. The molecule has 2 aromatic rings. The molecule has 0 fully saturated rings. The summed E-state index contributed by atoms with van der Waals surface area (Å²) in [6.45, 7) is 0. The summed E-state index contributed by atoms with van der Waals surface area (Å²) in [6, 6.07) is 14.1. The second-order valence-corrected chi connectivity index (χ2v) is 4.97. The van der Waals surface area contributed by atoms with Gasteiger partial charge in [0.05, 0.1) is 13.2 Å². The van der Waals surface area contributed by atoms with Crippen LogP contribution >= 0.6 is 15.9 Å². The summed E-state index contributed by atoms with van der Waals surface area (Å²) in [5, 5.41) is 22.2. The molecule has 0 aromatic heterocycles. The molecule has 1 atom stereocenters. The molecule has 0 aliphatic heterocycles. The highest BCUT2D eigenvalue weighted by Gasteiger charge is 2.14. The fourth-order valence-electron chi connectivity index (χ4n) is 1.81. The third-order valence-electron chi connectivity index (χ3n) is 2.84. The van der Waals surface area contributed by atoms with Crippen molar-refractivity contribution in [3.63, 3.8) is 0 Å². The van der Waals surface area contributed by atoms with E-state index >= 15 is 0 Å². The number of para-hydroxylation sites is 1. The summed E-state index contributed by atoms with van der Waals surface area (Å²) in [6.07, 6.45) is 0. The third kappa shape index (κ3) is 3.03. The van der Waals surface area contributed by atoms with E-state index in [2.05, 4.69) is 27.3 Å². The first-order valence-electron chi connectivity index (χ1n) is 5.93. The van der Waals surface area contributed by atoms with Gasteiger partial charge in [0, 0.05) is 10.2 Å². The second-order valence-electron chi connectivity index (χ2n) is 4.12. The molecule has 5 heteroatoms. The molecule has 0 bridgehead atoms. The van der Waals surface area contributed by atoms with Gasteiger partial charge in [-0.15, -0.1) is 0 Å². The maximum absolute atomic E-state index is 9.78. The summed E-state index contributed by atoms with van der Waals surface area (Å²) in [5.41, 5.74) is 1.48. The Morgan fingerprint density at radius 2 is 2.05 bits per heavy atom. The van der Waals surface area contributed by atoms with Gasteiger partial charge in [-0.1, -0.05) is 18.2 Å². The first-order chi connectivity index (χ1) is 9.65. The minimum absolute atomic E-state index is 0.0131. The molecule has 0 aliphatic carbocycles. The molecule has 1 unspecified atom stereocenters. The van der Waals surface area contributed by atoms with E-state index in [9.17, 15) is 10.4 Å². The Hall–Kier alpha value is -2.19. The van der Waals surface area contributed by atoms with Gasteiger partial charge in [-0.2, -0.15) is 5.26 Å². The number of methoxy groups -OCH3 is 1. The predicted octanol–water partition coefficient (Wildman–Crippen LogP) is 3.84. The number of halogens is 1. The maximum Gasteiger partial charge on any atom is 0.160 e. The van der Waals surface area contributed by atoms with Crippen molar-refractivity contribution in [1.82, 2.24) is 0 Å². The van der Waals surface area contributed by atoms with Crippen LogP contribution in [0.15, 0.2) is 46.9 Å². The lowest BCUT2D eigenvalue weighted by atomic mass is 10.1. The Balaban J connectivity index is 2.27. The minimum Gasteiger partial charge on any atom is -0.504 e. The van der Waals surface area contributed by atoms with Gasteiger partial charge in [0.25, 0.3) is 0 Å². The van der Waals surface area contributed by atoms with Gasteiger partial charge < -0.3 is 15.2 Å². The summed E-state index contributed by atoms with van der Waals surface area (Å²) in [4.78, 5) is 0. The van der Waals surface area contributed by atoms with E-state index in [1.54, 1.807) is 12.1 Å².